The van der Waals surface area contributed by atoms with Crippen LogP contribution in [0, 0.1) is 0 Å². The van der Waals surface area contributed by atoms with E-state index in [1.54, 1.807) is 0 Å². The number of hydrogen-bond donors (Lipinski definition) is 0. The molecule has 0 saturated carbocycles. The lowest BCUT2D eigenvalue weighted by atomic mass is 10.4. The second-order valence-electron chi connectivity index (χ2n) is 2.86. The van der Waals surface area contributed by atoms with Crippen LogP contribution in [-0.2, 0) is 4.43 Å². The van der Waals surface area contributed by atoms with Crippen molar-refractivity contribution in [2.24, 2.45) is 0 Å². The van der Waals surface area contributed by atoms with E-state index in [2.05, 4.69) is 38.0 Å². The average molecular weight is 162 g/mol. The zero-order chi connectivity index (χ0) is 8.15. The lowest BCUT2D eigenvalue weighted by Gasteiger charge is -2.29. The Kier molecular flexibility index (Phi) is 4.89. The number of hydrogen-bond acceptors (Lipinski definition) is 3. The zero-order valence-electron chi connectivity index (χ0n) is 7.59. The monoisotopic (exact) mass is 162 g/mol. The average Bonchev–Trinajstić information content (AvgIpc) is 1.81. The molecule has 0 heterocycles. The van der Waals surface area contributed by atoms with Crippen LogP contribution in [0.25, 0.3) is 0 Å². The lowest BCUT2D eigenvalue weighted by molar-refractivity contribution is 0.0790. The Hall–Kier alpha value is 0.0969. The first-order valence-corrected chi connectivity index (χ1v) is 4.23. The summed E-state index contributed by atoms with van der Waals surface area (Å²) >= 11 is 0. The molecule has 0 aliphatic carbocycles. The molecule has 0 radical (unpaired) electrons. The van der Waals surface area contributed by atoms with Crippen LogP contribution in [0.3, 0.4) is 0 Å². The van der Waals surface area contributed by atoms with Crippen LogP contribution in [0.1, 0.15) is 0 Å². The Morgan fingerprint density at radius 2 is 1.60 bits per heavy atom. The van der Waals surface area contributed by atoms with E-state index in [1.165, 1.54) is 0 Å². The van der Waals surface area contributed by atoms with E-state index in [9.17, 15) is 0 Å². The van der Waals surface area contributed by atoms with Gasteiger partial charge in [-0.25, -0.2) is 0 Å². The van der Waals surface area contributed by atoms with Gasteiger partial charge in [0.15, 0.2) is 0 Å². The van der Waals surface area contributed by atoms with Crippen molar-refractivity contribution in [2.45, 2.75) is 6.17 Å². The molecule has 0 unspecified atom stereocenters. The van der Waals surface area contributed by atoms with Crippen LogP contribution in [0.5, 0.6) is 0 Å². The highest BCUT2D eigenvalue weighted by Gasteiger charge is 2.11. The highest BCUT2D eigenvalue weighted by Crippen LogP contribution is 1.95. The molecule has 0 rings (SSSR count). The molecule has 0 fully saturated rings. The van der Waals surface area contributed by atoms with Gasteiger partial charge in [0.1, 0.15) is 10.5 Å². The van der Waals surface area contributed by atoms with Crippen molar-refractivity contribution in [2.75, 3.05) is 34.8 Å². The van der Waals surface area contributed by atoms with Crippen molar-refractivity contribution >= 4 is 10.5 Å². The van der Waals surface area contributed by atoms with Crippen LogP contribution < -0.4 is 0 Å². The topological polar surface area (TPSA) is 15.7 Å². The number of rotatable bonds is 4. The molecule has 10 heavy (non-hydrogen) atoms. The van der Waals surface area contributed by atoms with Crippen molar-refractivity contribution in [3.05, 3.63) is 0 Å². The van der Waals surface area contributed by atoms with Gasteiger partial charge >= 0.3 is 0 Å². The standard InChI is InChI=1S/C6H18N2OSi/c1-7(2)6(5-9-10)8(3)4/h6H,5H2,1-4,10H3. The molecule has 0 atom stereocenters. The second-order valence-corrected chi connectivity index (χ2v) is 3.44. The first kappa shape index (κ1) is 10.1. The summed E-state index contributed by atoms with van der Waals surface area (Å²) in [6.45, 7) is 0.812. The van der Waals surface area contributed by atoms with E-state index in [-0.39, 0.29) is 0 Å². The van der Waals surface area contributed by atoms with Crippen molar-refractivity contribution in [1.82, 2.24) is 9.80 Å². The molecule has 0 aromatic carbocycles. The van der Waals surface area contributed by atoms with Crippen molar-refractivity contribution < 1.29 is 4.43 Å². The molecule has 0 aromatic heterocycles. The van der Waals surface area contributed by atoms with E-state index >= 15 is 0 Å². The number of likely N-dealkylation sites (N-methyl/N-ethyl adjacent to an activating group) is 2. The number of nitrogens with zero attached hydrogens (tertiary/aromatic N) is 2. The van der Waals surface area contributed by atoms with Gasteiger partial charge in [-0.1, -0.05) is 0 Å². The molecule has 0 aromatic rings. The van der Waals surface area contributed by atoms with Gasteiger partial charge in [-0.3, -0.25) is 9.80 Å². The minimum Gasteiger partial charge on any atom is -0.425 e. The fourth-order valence-electron chi connectivity index (χ4n) is 0.909. The van der Waals surface area contributed by atoms with E-state index in [0.717, 1.165) is 17.1 Å². The third-order valence-electron chi connectivity index (χ3n) is 1.51. The molecule has 0 aliphatic heterocycles. The van der Waals surface area contributed by atoms with Crippen molar-refractivity contribution in [1.29, 1.82) is 0 Å². The Labute approximate surface area is 66.5 Å². The molecule has 4 heteroatoms. The first-order chi connectivity index (χ1) is 4.59. The fourth-order valence-corrected chi connectivity index (χ4v) is 1.21. The quantitative estimate of drug-likeness (QED) is 0.379. The predicted molar refractivity (Wildman–Crippen MR) is 47.1 cm³/mol. The highest BCUT2D eigenvalue weighted by molar-refractivity contribution is 5.97. The van der Waals surface area contributed by atoms with Crippen LogP contribution in [0.2, 0.25) is 0 Å². The Bertz CT molecular complexity index is 79.8. The largest absolute Gasteiger partial charge is 0.425 e. The minimum absolute atomic E-state index is 0.414. The Morgan fingerprint density at radius 1 is 1.20 bits per heavy atom. The predicted octanol–water partition coefficient (Wildman–Crippen LogP) is -1.27. The van der Waals surface area contributed by atoms with Gasteiger partial charge in [0.25, 0.3) is 0 Å². The summed E-state index contributed by atoms with van der Waals surface area (Å²) in [7, 11) is 9.07. The Morgan fingerprint density at radius 3 is 1.70 bits per heavy atom. The molecule has 3 nitrogen and oxygen atoms in total. The molecule has 0 saturated heterocycles. The summed E-state index contributed by atoms with van der Waals surface area (Å²) < 4.78 is 5.18. The van der Waals surface area contributed by atoms with E-state index in [0.29, 0.717) is 6.17 Å². The van der Waals surface area contributed by atoms with Crippen LogP contribution >= 0.6 is 0 Å². The molecule has 0 aliphatic rings. The molecule has 0 amide bonds. The van der Waals surface area contributed by atoms with Gasteiger partial charge in [-0.05, 0) is 28.2 Å². The Balaban J connectivity index is 3.73. The molecule has 0 bridgehead atoms. The third kappa shape index (κ3) is 3.31. The highest BCUT2D eigenvalue weighted by atomic mass is 28.2. The summed E-state index contributed by atoms with van der Waals surface area (Å²) in [6.07, 6.45) is 0.414. The zero-order valence-corrected chi connectivity index (χ0v) is 9.59. The second kappa shape index (κ2) is 4.84. The van der Waals surface area contributed by atoms with E-state index in [1.807, 2.05) is 0 Å². The summed E-state index contributed by atoms with van der Waals surface area (Å²) in [5.41, 5.74) is 0. The van der Waals surface area contributed by atoms with Crippen molar-refractivity contribution in [3.63, 3.8) is 0 Å². The maximum atomic E-state index is 5.18. The van der Waals surface area contributed by atoms with Gasteiger partial charge in [-0.2, -0.15) is 0 Å². The van der Waals surface area contributed by atoms with Crippen LogP contribution in [-0.4, -0.2) is 61.2 Å². The maximum Gasteiger partial charge on any atom is 0.146 e. The normalized spacial score (nSPS) is 12.3. The van der Waals surface area contributed by atoms with Crippen LogP contribution in [0.15, 0.2) is 0 Å². The minimum atomic E-state index is 0.414. The molecule has 62 valence electrons. The van der Waals surface area contributed by atoms with E-state index in [4.69, 9.17) is 4.43 Å². The van der Waals surface area contributed by atoms with Gasteiger partial charge in [0.05, 0.1) is 12.8 Å². The fraction of sp³-hybridized carbons (Fsp3) is 1.00. The summed E-state index contributed by atoms with van der Waals surface area (Å²) in [5.74, 6) is 0. The molecule has 0 N–H and O–H groups in total. The smallest absolute Gasteiger partial charge is 0.146 e. The summed E-state index contributed by atoms with van der Waals surface area (Å²) in [4.78, 5) is 4.30. The summed E-state index contributed by atoms with van der Waals surface area (Å²) in [5, 5.41) is 0. The van der Waals surface area contributed by atoms with Gasteiger partial charge < -0.3 is 4.43 Å². The van der Waals surface area contributed by atoms with Gasteiger partial charge in [0, 0.05) is 0 Å². The molecular weight excluding hydrogens is 144 g/mol. The van der Waals surface area contributed by atoms with Gasteiger partial charge in [-0.15, -0.1) is 0 Å². The molecular formula is C6H18N2OSi. The first-order valence-electron chi connectivity index (χ1n) is 3.41. The van der Waals surface area contributed by atoms with Crippen molar-refractivity contribution in [3.8, 4) is 0 Å². The third-order valence-corrected chi connectivity index (χ3v) is 1.84. The van der Waals surface area contributed by atoms with E-state index < -0.39 is 0 Å². The van der Waals surface area contributed by atoms with Gasteiger partial charge in [0.2, 0.25) is 0 Å². The maximum absolute atomic E-state index is 5.18. The molecule has 0 spiro atoms. The summed E-state index contributed by atoms with van der Waals surface area (Å²) in [6, 6.07) is 0. The lowest BCUT2D eigenvalue weighted by Crippen LogP contribution is -2.43. The van der Waals surface area contributed by atoms with Crippen LogP contribution in [0.4, 0.5) is 0 Å². The SMILES string of the molecule is CN(C)C(CO[SiH3])N(C)C.